The fourth-order valence-electron chi connectivity index (χ4n) is 1.08. The monoisotopic (exact) mass is 269 g/mol. The zero-order valence-corrected chi connectivity index (χ0v) is 9.40. The molecule has 96 valence electrons. The van der Waals surface area contributed by atoms with Gasteiger partial charge < -0.3 is 5.11 Å². The molecule has 8 heteroatoms. The van der Waals surface area contributed by atoms with E-state index in [4.69, 9.17) is 5.11 Å². The summed E-state index contributed by atoms with van der Waals surface area (Å²) >= 11 is 0. The average molecular weight is 269 g/mol. The summed E-state index contributed by atoms with van der Waals surface area (Å²) in [6.45, 7) is -0.346. The van der Waals surface area contributed by atoms with Gasteiger partial charge in [-0.05, 0) is 18.6 Å². The van der Waals surface area contributed by atoms with Crippen molar-refractivity contribution in [3.05, 3.63) is 29.6 Å². The third-order valence-electron chi connectivity index (χ3n) is 1.87. The van der Waals surface area contributed by atoms with Crippen molar-refractivity contribution in [2.24, 2.45) is 0 Å². The van der Waals surface area contributed by atoms with E-state index in [1.165, 1.54) is 0 Å². The molecular weight excluding hydrogens is 259 g/mol. The quantitative estimate of drug-likeness (QED) is 0.790. The Bertz CT molecular complexity index is 504. The predicted octanol–water partition coefficient (Wildman–Crippen LogP) is 1.23. The Hall–Kier alpha value is -1.28. The van der Waals surface area contributed by atoms with E-state index in [1.54, 1.807) is 4.72 Å². The lowest BCUT2D eigenvalue weighted by Gasteiger charge is -2.08. The van der Waals surface area contributed by atoms with E-state index in [1.807, 2.05) is 0 Å². The van der Waals surface area contributed by atoms with E-state index in [2.05, 4.69) is 0 Å². The first kappa shape index (κ1) is 13.8. The molecule has 0 amide bonds. The summed E-state index contributed by atoms with van der Waals surface area (Å²) in [5.74, 6) is -5.19. The van der Waals surface area contributed by atoms with Crippen LogP contribution in [0.3, 0.4) is 0 Å². The molecule has 0 heterocycles. The number of nitrogens with one attached hydrogen (secondary N) is 1. The zero-order valence-electron chi connectivity index (χ0n) is 8.58. The van der Waals surface area contributed by atoms with E-state index in [0.717, 1.165) is 6.07 Å². The lowest BCUT2D eigenvalue weighted by atomic mass is 10.3. The number of halogens is 3. The van der Waals surface area contributed by atoms with Crippen LogP contribution in [-0.2, 0) is 10.0 Å². The van der Waals surface area contributed by atoms with Gasteiger partial charge in [0.25, 0.3) is 0 Å². The molecule has 0 fully saturated rings. The normalized spacial score (nSPS) is 11.5. The van der Waals surface area contributed by atoms with Crippen LogP contribution >= 0.6 is 0 Å². The molecule has 0 saturated heterocycles. The highest BCUT2D eigenvalue weighted by Gasteiger charge is 2.17. The molecule has 0 atom stereocenters. The summed E-state index contributed by atoms with van der Waals surface area (Å²) in [7, 11) is -3.89. The SMILES string of the molecule is O=S(=O)(CCCO)Nc1ccc(F)c(F)c1F. The molecule has 0 aliphatic heterocycles. The molecule has 2 N–H and O–H groups in total. The Balaban J connectivity index is 2.93. The lowest BCUT2D eigenvalue weighted by Crippen LogP contribution is -2.18. The van der Waals surface area contributed by atoms with Crippen molar-refractivity contribution in [1.82, 2.24) is 0 Å². The highest BCUT2D eigenvalue weighted by Crippen LogP contribution is 2.20. The first-order chi connectivity index (χ1) is 7.87. The summed E-state index contributed by atoms with van der Waals surface area (Å²) in [6, 6.07) is 1.40. The third-order valence-corrected chi connectivity index (χ3v) is 3.23. The lowest BCUT2D eigenvalue weighted by molar-refractivity contribution is 0.295. The van der Waals surface area contributed by atoms with Gasteiger partial charge in [0.15, 0.2) is 17.5 Å². The van der Waals surface area contributed by atoms with Crippen LogP contribution in [0.25, 0.3) is 0 Å². The molecule has 17 heavy (non-hydrogen) atoms. The second-order valence-corrected chi connectivity index (χ2v) is 5.06. The van der Waals surface area contributed by atoms with Crippen molar-refractivity contribution < 1.29 is 26.7 Å². The molecule has 1 rings (SSSR count). The van der Waals surface area contributed by atoms with Crippen LogP contribution in [0.15, 0.2) is 12.1 Å². The third kappa shape index (κ3) is 3.60. The summed E-state index contributed by atoms with van der Waals surface area (Å²) in [6.07, 6.45) is -0.0410. The topological polar surface area (TPSA) is 66.4 Å². The molecular formula is C9H10F3NO3S. The number of anilines is 1. The van der Waals surface area contributed by atoms with Crippen LogP contribution in [0.1, 0.15) is 6.42 Å². The minimum Gasteiger partial charge on any atom is -0.396 e. The molecule has 1 aromatic rings. The first-order valence-electron chi connectivity index (χ1n) is 4.62. The standard InChI is InChI=1S/C9H10F3NO3S/c10-6-2-3-7(9(12)8(6)11)13-17(15,16)5-1-4-14/h2-3,13-14H,1,4-5H2. The number of hydrogen-bond acceptors (Lipinski definition) is 3. The first-order valence-corrected chi connectivity index (χ1v) is 6.27. The van der Waals surface area contributed by atoms with E-state index in [9.17, 15) is 21.6 Å². The number of benzene rings is 1. The minimum atomic E-state index is -3.89. The minimum absolute atomic E-state index is 0.0410. The van der Waals surface area contributed by atoms with Gasteiger partial charge in [0.1, 0.15) is 0 Å². The maximum atomic E-state index is 13.1. The van der Waals surface area contributed by atoms with Crippen LogP contribution in [0.5, 0.6) is 0 Å². The van der Waals surface area contributed by atoms with Crippen LogP contribution in [0, 0.1) is 17.5 Å². The van der Waals surface area contributed by atoms with E-state index in [0.29, 0.717) is 6.07 Å². The Morgan fingerprint density at radius 3 is 2.41 bits per heavy atom. The molecule has 4 nitrogen and oxygen atoms in total. The summed E-state index contributed by atoms with van der Waals surface area (Å²) < 4.78 is 62.9. The van der Waals surface area contributed by atoms with Crippen molar-refractivity contribution in [3.8, 4) is 0 Å². The molecule has 0 saturated carbocycles. The highest BCUT2D eigenvalue weighted by atomic mass is 32.2. The predicted molar refractivity (Wildman–Crippen MR) is 55.4 cm³/mol. The molecule has 0 aliphatic carbocycles. The fraction of sp³-hybridized carbons (Fsp3) is 0.333. The van der Waals surface area contributed by atoms with E-state index >= 15 is 0 Å². The van der Waals surface area contributed by atoms with Crippen LogP contribution in [0.4, 0.5) is 18.9 Å². The fourth-order valence-corrected chi connectivity index (χ4v) is 2.18. The van der Waals surface area contributed by atoms with Gasteiger partial charge in [0.2, 0.25) is 10.0 Å². The van der Waals surface area contributed by atoms with Gasteiger partial charge in [0.05, 0.1) is 11.4 Å². The zero-order chi connectivity index (χ0) is 13.1. The van der Waals surface area contributed by atoms with Crippen molar-refractivity contribution in [2.75, 3.05) is 17.1 Å². The molecule has 1 aromatic carbocycles. The van der Waals surface area contributed by atoms with Gasteiger partial charge in [-0.25, -0.2) is 21.6 Å². The van der Waals surface area contributed by atoms with Gasteiger partial charge in [-0.3, -0.25) is 4.72 Å². The van der Waals surface area contributed by atoms with Gasteiger partial charge in [-0.2, -0.15) is 0 Å². The smallest absolute Gasteiger partial charge is 0.232 e. The molecule has 0 unspecified atom stereocenters. The molecule has 0 radical (unpaired) electrons. The number of aliphatic hydroxyl groups excluding tert-OH is 1. The Morgan fingerprint density at radius 1 is 1.18 bits per heavy atom. The van der Waals surface area contributed by atoms with Crippen molar-refractivity contribution in [1.29, 1.82) is 0 Å². The largest absolute Gasteiger partial charge is 0.396 e. The summed E-state index contributed by atoms with van der Waals surface area (Å²) in [5.41, 5.74) is -0.665. The van der Waals surface area contributed by atoms with Crippen LogP contribution in [-0.4, -0.2) is 25.9 Å². The van der Waals surface area contributed by atoms with Gasteiger partial charge >= 0.3 is 0 Å². The van der Waals surface area contributed by atoms with Crippen molar-refractivity contribution in [3.63, 3.8) is 0 Å². The molecule has 0 bridgehead atoms. The van der Waals surface area contributed by atoms with Crippen molar-refractivity contribution in [2.45, 2.75) is 6.42 Å². The van der Waals surface area contributed by atoms with Crippen LogP contribution < -0.4 is 4.72 Å². The Morgan fingerprint density at radius 2 is 1.82 bits per heavy atom. The van der Waals surface area contributed by atoms with E-state index < -0.39 is 38.9 Å². The second-order valence-electron chi connectivity index (χ2n) is 3.22. The van der Waals surface area contributed by atoms with E-state index in [-0.39, 0.29) is 13.0 Å². The number of rotatable bonds is 5. The van der Waals surface area contributed by atoms with Gasteiger partial charge in [-0.1, -0.05) is 0 Å². The summed E-state index contributed by atoms with van der Waals surface area (Å²) in [4.78, 5) is 0. The van der Waals surface area contributed by atoms with Gasteiger partial charge in [0, 0.05) is 6.61 Å². The highest BCUT2D eigenvalue weighted by molar-refractivity contribution is 7.92. The number of aliphatic hydroxyl groups is 1. The molecule has 0 aromatic heterocycles. The maximum Gasteiger partial charge on any atom is 0.232 e. The Kier molecular flexibility index (Phi) is 4.35. The molecule has 0 aliphatic rings. The number of hydrogen-bond donors (Lipinski definition) is 2. The Labute approximate surface area is 96.1 Å². The van der Waals surface area contributed by atoms with Crippen LogP contribution in [0.2, 0.25) is 0 Å². The maximum absolute atomic E-state index is 13.1. The summed E-state index contributed by atoms with van der Waals surface area (Å²) in [5, 5.41) is 8.45. The van der Waals surface area contributed by atoms with Gasteiger partial charge in [-0.15, -0.1) is 0 Å². The molecule has 0 spiro atoms. The van der Waals surface area contributed by atoms with Crippen molar-refractivity contribution >= 4 is 15.7 Å². The second kappa shape index (κ2) is 5.37. The average Bonchev–Trinajstić information content (AvgIpc) is 2.27. The number of sulfonamides is 1.